The number of aromatic amines is 1. The van der Waals surface area contributed by atoms with Gasteiger partial charge in [0.15, 0.2) is 11.5 Å². The molecule has 0 aliphatic carbocycles. The zero-order chi connectivity index (χ0) is 18.1. The van der Waals surface area contributed by atoms with Crippen molar-refractivity contribution in [2.75, 3.05) is 25.3 Å². The van der Waals surface area contributed by atoms with Gasteiger partial charge in [-0.2, -0.15) is 0 Å². The molecule has 130 valence electrons. The molecule has 0 bridgehead atoms. The number of amides is 1. The molecule has 2 aromatic carbocycles. The Labute approximate surface area is 153 Å². The molecule has 0 saturated heterocycles. The van der Waals surface area contributed by atoms with Crippen molar-refractivity contribution in [3.8, 4) is 11.5 Å². The monoisotopic (exact) mass is 379 g/mol. The Morgan fingerprint density at radius 1 is 1.12 bits per heavy atom. The van der Waals surface area contributed by atoms with Gasteiger partial charge in [0.05, 0.1) is 35.5 Å². The Morgan fingerprint density at radius 2 is 1.80 bits per heavy atom. The van der Waals surface area contributed by atoms with Gasteiger partial charge in [-0.3, -0.25) is 4.79 Å². The minimum Gasteiger partial charge on any atom is -0.493 e. The number of benzene rings is 2. The standard InChI is InChI=1S/C17H15Cl2N3O3/c1-24-14-4-3-12-9(16(14)25-2)7-13(22-12)17(23)21-8-5-10(18)15(20)11(19)6-8/h3-7,22H,20H2,1-2H3,(H,21,23). The molecule has 3 aromatic rings. The highest BCUT2D eigenvalue weighted by Crippen LogP contribution is 2.36. The fraction of sp³-hybridized carbons (Fsp3) is 0.118. The summed E-state index contributed by atoms with van der Waals surface area (Å²) >= 11 is 12.0. The third-order valence-electron chi connectivity index (χ3n) is 3.72. The van der Waals surface area contributed by atoms with Crippen LogP contribution in [0.2, 0.25) is 10.0 Å². The summed E-state index contributed by atoms with van der Waals surface area (Å²) in [5.74, 6) is 0.779. The predicted octanol–water partition coefficient (Wildman–Crippen LogP) is 4.33. The van der Waals surface area contributed by atoms with Gasteiger partial charge in [-0.15, -0.1) is 0 Å². The predicted molar refractivity (Wildman–Crippen MR) is 100 cm³/mol. The summed E-state index contributed by atoms with van der Waals surface area (Å²) in [6, 6.07) is 8.33. The van der Waals surface area contributed by atoms with Gasteiger partial charge in [-0.25, -0.2) is 0 Å². The normalized spacial score (nSPS) is 10.7. The topological polar surface area (TPSA) is 89.4 Å². The number of ether oxygens (including phenoxy) is 2. The number of fused-ring (bicyclic) bond motifs is 1. The second kappa shape index (κ2) is 6.74. The number of hydrogen-bond donors (Lipinski definition) is 3. The highest BCUT2D eigenvalue weighted by atomic mass is 35.5. The molecule has 1 heterocycles. The second-order valence-electron chi connectivity index (χ2n) is 5.25. The molecule has 0 aliphatic heterocycles. The summed E-state index contributed by atoms with van der Waals surface area (Å²) in [4.78, 5) is 15.6. The van der Waals surface area contributed by atoms with Gasteiger partial charge < -0.3 is 25.5 Å². The molecule has 4 N–H and O–H groups in total. The number of nitrogen functional groups attached to an aromatic ring is 1. The van der Waals surface area contributed by atoms with Gasteiger partial charge in [-0.05, 0) is 30.3 Å². The lowest BCUT2D eigenvalue weighted by atomic mass is 10.2. The molecule has 0 aliphatic rings. The molecule has 25 heavy (non-hydrogen) atoms. The first-order chi connectivity index (χ1) is 11.9. The maximum absolute atomic E-state index is 12.5. The van der Waals surface area contributed by atoms with Crippen LogP contribution in [0.5, 0.6) is 11.5 Å². The van der Waals surface area contributed by atoms with Gasteiger partial charge in [0, 0.05) is 11.1 Å². The van der Waals surface area contributed by atoms with Crippen molar-refractivity contribution >= 4 is 51.4 Å². The Kier molecular flexibility index (Phi) is 4.65. The van der Waals surface area contributed by atoms with Crippen LogP contribution in [0.25, 0.3) is 10.9 Å². The molecule has 3 rings (SSSR count). The number of carbonyl (C=O) groups is 1. The maximum atomic E-state index is 12.5. The SMILES string of the molecule is COc1ccc2[nH]c(C(=O)Nc3cc(Cl)c(N)c(Cl)c3)cc2c1OC. The van der Waals surface area contributed by atoms with Crippen molar-refractivity contribution in [1.82, 2.24) is 4.98 Å². The number of H-pyrrole nitrogens is 1. The van der Waals surface area contributed by atoms with Crippen LogP contribution in [-0.4, -0.2) is 25.1 Å². The van der Waals surface area contributed by atoms with Crippen LogP contribution in [-0.2, 0) is 0 Å². The fourth-order valence-electron chi connectivity index (χ4n) is 2.51. The number of carbonyl (C=O) groups excluding carboxylic acids is 1. The van der Waals surface area contributed by atoms with Crippen molar-refractivity contribution in [3.63, 3.8) is 0 Å². The molecule has 0 radical (unpaired) electrons. The summed E-state index contributed by atoms with van der Waals surface area (Å²) in [6.07, 6.45) is 0. The van der Waals surface area contributed by atoms with E-state index in [0.29, 0.717) is 22.9 Å². The summed E-state index contributed by atoms with van der Waals surface area (Å²) < 4.78 is 10.6. The average molecular weight is 380 g/mol. The van der Waals surface area contributed by atoms with Gasteiger partial charge in [0.1, 0.15) is 5.69 Å². The van der Waals surface area contributed by atoms with Crippen LogP contribution in [0.4, 0.5) is 11.4 Å². The number of anilines is 2. The van der Waals surface area contributed by atoms with Crippen LogP contribution in [0.1, 0.15) is 10.5 Å². The van der Waals surface area contributed by atoms with E-state index in [0.717, 1.165) is 10.9 Å². The largest absolute Gasteiger partial charge is 0.493 e. The van der Waals surface area contributed by atoms with E-state index in [2.05, 4.69) is 10.3 Å². The lowest BCUT2D eigenvalue weighted by Crippen LogP contribution is -2.12. The van der Waals surface area contributed by atoms with Crippen LogP contribution < -0.4 is 20.5 Å². The van der Waals surface area contributed by atoms with Crippen LogP contribution in [0, 0.1) is 0 Å². The molecule has 0 spiro atoms. The lowest BCUT2D eigenvalue weighted by molar-refractivity contribution is 0.102. The van der Waals surface area contributed by atoms with Gasteiger partial charge in [-0.1, -0.05) is 23.2 Å². The van der Waals surface area contributed by atoms with Crippen molar-refractivity contribution in [2.45, 2.75) is 0 Å². The molecule has 6 nitrogen and oxygen atoms in total. The summed E-state index contributed by atoms with van der Waals surface area (Å²) in [7, 11) is 3.10. The molecule has 0 fully saturated rings. The molecule has 0 saturated carbocycles. The Morgan fingerprint density at radius 3 is 2.40 bits per heavy atom. The van der Waals surface area contributed by atoms with Crippen molar-refractivity contribution < 1.29 is 14.3 Å². The van der Waals surface area contributed by atoms with Crippen molar-refractivity contribution in [2.24, 2.45) is 0 Å². The minimum absolute atomic E-state index is 0.267. The number of methoxy groups -OCH3 is 2. The smallest absolute Gasteiger partial charge is 0.272 e. The molecule has 1 aromatic heterocycles. The molecular weight excluding hydrogens is 365 g/mol. The molecule has 0 atom stereocenters. The van der Waals surface area contributed by atoms with E-state index in [-0.39, 0.29) is 21.6 Å². The number of nitrogens with one attached hydrogen (secondary N) is 2. The third-order valence-corrected chi connectivity index (χ3v) is 4.35. The summed E-state index contributed by atoms with van der Waals surface area (Å²) in [5.41, 5.74) is 7.50. The minimum atomic E-state index is -0.353. The van der Waals surface area contributed by atoms with E-state index in [9.17, 15) is 4.79 Å². The second-order valence-corrected chi connectivity index (χ2v) is 6.07. The Hall–Kier alpha value is -2.57. The number of nitrogens with two attached hydrogens (primary N) is 1. The highest BCUT2D eigenvalue weighted by molar-refractivity contribution is 6.39. The zero-order valence-electron chi connectivity index (χ0n) is 13.4. The first-order valence-electron chi connectivity index (χ1n) is 7.24. The van der Waals surface area contributed by atoms with E-state index in [4.69, 9.17) is 38.4 Å². The quantitative estimate of drug-likeness (QED) is 0.588. The van der Waals surface area contributed by atoms with E-state index in [1.165, 1.54) is 12.1 Å². The van der Waals surface area contributed by atoms with Crippen LogP contribution in [0.15, 0.2) is 30.3 Å². The number of rotatable bonds is 4. The van der Waals surface area contributed by atoms with Crippen LogP contribution in [0.3, 0.4) is 0 Å². The first kappa shape index (κ1) is 17.3. The van der Waals surface area contributed by atoms with Gasteiger partial charge >= 0.3 is 0 Å². The van der Waals surface area contributed by atoms with E-state index < -0.39 is 0 Å². The molecule has 1 amide bonds. The lowest BCUT2D eigenvalue weighted by Gasteiger charge is -2.07. The molecule has 0 unspecified atom stereocenters. The average Bonchev–Trinajstić information content (AvgIpc) is 3.02. The van der Waals surface area contributed by atoms with E-state index >= 15 is 0 Å². The van der Waals surface area contributed by atoms with E-state index in [1.54, 1.807) is 26.4 Å². The maximum Gasteiger partial charge on any atom is 0.272 e. The Balaban J connectivity index is 1.95. The van der Waals surface area contributed by atoms with E-state index in [1.807, 2.05) is 6.07 Å². The van der Waals surface area contributed by atoms with Crippen LogP contribution >= 0.6 is 23.2 Å². The fourth-order valence-corrected chi connectivity index (χ4v) is 2.99. The third kappa shape index (κ3) is 3.18. The van der Waals surface area contributed by atoms with Gasteiger partial charge in [0.2, 0.25) is 0 Å². The summed E-state index contributed by atoms with van der Waals surface area (Å²) in [6.45, 7) is 0. The zero-order valence-corrected chi connectivity index (χ0v) is 15.0. The van der Waals surface area contributed by atoms with Crippen molar-refractivity contribution in [1.29, 1.82) is 0 Å². The molecule has 8 heteroatoms. The number of aromatic nitrogens is 1. The number of hydrogen-bond acceptors (Lipinski definition) is 4. The first-order valence-corrected chi connectivity index (χ1v) is 7.99. The summed E-state index contributed by atoms with van der Waals surface area (Å²) in [5, 5.41) is 4.00. The number of halogens is 2. The highest BCUT2D eigenvalue weighted by Gasteiger charge is 2.16. The van der Waals surface area contributed by atoms with Gasteiger partial charge in [0.25, 0.3) is 5.91 Å². The Bertz CT molecular complexity index is 946. The molecular formula is C17H15Cl2N3O3. The van der Waals surface area contributed by atoms with Crippen molar-refractivity contribution in [3.05, 3.63) is 46.1 Å².